The van der Waals surface area contributed by atoms with Crippen LogP contribution in [0.15, 0.2) is 146 Å². The largest absolute Gasteiger partial charge is 0.309 e. The molecule has 0 fully saturated rings. The van der Waals surface area contributed by atoms with E-state index >= 15 is 0 Å². The van der Waals surface area contributed by atoms with Crippen molar-refractivity contribution in [2.45, 2.75) is 41.5 Å². The fourth-order valence-corrected chi connectivity index (χ4v) is 9.45. The van der Waals surface area contributed by atoms with E-state index in [4.69, 9.17) is 0 Å². The third kappa shape index (κ3) is 5.00. The van der Waals surface area contributed by atoms with Crippen LogP contribution in [0.2, 0.25) is 0 Å². The SMILES string of the molecule is Cc1cc(C)c(B(c2c(C)cc(C)cc2C)c2ccc(-c3ccc(-n4c5ccccc5c5ccccc54)c4ccccc34)c3ccccc23)c(C)c1. The number of nitrogens with zero attached hydrogens (tertiary/aromatic N) is 1. The fourth-order valence-electron chi connectivity index (χ4n) is 9.45. The second-order valence-electron chi connectivity index (χ2n) is 14.9. The molecule has 0 radical (unpaired) electrons. The van der Waals surface area contributed by atoms with Gasteiger partial charge in [0, 0.05) is 16.2 Å². The molecule has 250 valence electrons. The number of aromatic nitrogens is 1. The molecule has 9 aromatic rings. The van der Waals surface area contributed by atoms with Crippen LogP contribution < -0.4 is 16.4 Å². The van der Waals surface area contributed by atoms with Crippen molar-refractivity contribution in [3.63, 3.8) is 0 Å². The lowest BCUT2D eigenvalue weighted by Gasteiger charge is -2.26. The Morgan fingerprint density at radius 2 is 0.750 bits per heavy atom. The summed E-state index contributed by atoms with van der Waals surface area (Å²) in [7, 11) is 0. The number of hydrogen-bond acceptors (Lipinski definition) is 0. The van der Waals surface area contributed by atoms with Gasteiger partial charge in [-0.15, -0.1) is 0 Å². The zero-order valence-corrected chi connectivity index (χ0v) is 30.9. The molecule has 0 saturated heterocycles. The van der Waals surface area contributed by atoms with Crippen LogP contribution in [-0.2, 0) is 0 Å². The van der Waals surface area contributed by atoms with E-state index in [1.54, 1.807) is 0 Å². The Hall–Kier alpha value is -5.86. The minimum absolute atomic E-state index is 0.106. The maximum atomic E-state index is 2.45. The summed E-state index contributed by atoms with van der Waals surface area (Å²) in [6.45, 7) is 13.7. The Labute approximate surface area is 307 Å². The molecule has 0 saturated carbocycles. The van der Waals surface area contributed by atoms with Gasteiger partial charge in [0.15, 0.2) is 0 Å². The van der Waals surface area contributed by atoms with E-state index in [1.807, 2.05) is 0 Å². The normalized spacial score (nSPS) is 11.7. The van der Waals surface area contributed by atoms with E-state index in [9.17, 15) is 0 Å². The molecule has 52 heavy (non-hydrogen) atoms. The number of fused-ring (bicyclic) bond motifs is 5. The first-order valence-electron chi connectivity index (χ1n) is 18.5. The highest BCUT2D eigenvalue weighted by molar-refractivity contribution is 6.98. The van der Waals surface area contributed by atoms with E-state index < -0.39 is 0 Å². The monoisotopic (exact) mass is 667 g/mol. The molecule has 0 aliphatic rings. The lowest BCUT2D eigenvalue weighted by Crippen LogP contribution is -2.56. The van der Waals surface area contributed by atoms with Crippen molar-refractivity contribution in [1.82, 2.24) is 4.57 Å². The molecule has 0 aliphatic heterocycles. The fraction of sp³-hybridized carbons (Fsp3) is 0.120. The third-order valence-electron chi connectivity index (χ3n) is 11.3. The molecule has 0 amide bonds. The van der Waals surface area contributed by atoms with Gasteiger partial charge in [-0.2, -0.15) is 0 Å². The van der Waals surface area contributed by atoms with Crippen LogP contribution in [0.5, 0.6) is 0 Å². The molecule has 9 rings (SSSR count). The second-order valence-corrected chi connectivity index (χ2v) is 14.9. The molecule has 0 N–H and O–H groups in total. The van der Waals surface area contributed by atoms with E-state index in [-0.39, 0.29) is 6.71 Å². The standard InChI is InChI=1S/C50H42BN/c1-31-27-33(3)49(34(4)28-31)51(50-35(5)29-32(2)30-36(50)6)45-25-23-39(37-15-7-9-17-41(37)45)40-24-26-48(42-18-10-8-16-38(40)42)52-46-21-13-11-19-43(46)44-20-12-14-22-47(44)52/h7-30H,1-6H3. The molecule has 1 aromatic heterocycles. The van der Waals surface area contributed by atoms with Gasteiger partial charge in [0.05, 0.1) is 16.7 Å². The quantitative estimate of drug-likeness (QED) is 0.161. The van der Waals surface area contributed by atoms with E-state index in [0.717, 1.165) is 0 Å². The van der Waals surface area contributed by atoms with Gasteiger partial charge < -0.3 is 4.57 Å². The lowest BCUT2D eigenvalue weighted by molar-refractivity contribution is 1.20. The highest BCUT2D eigenvalue weighted by atomic mass is 15.0. The minimum Gasteiger partial charge on any atom is -0.309 e. The third-order valence-corrected chi connectivity index (χ3v) is 11.3. The van der Waals surface area contributed by atoms with Gasteiger partial charge >= 0.3 is 0 Å². The summed E-state index contributed by atoms with van der Waals surface area (Å²) < 4.78 is 2.45. The molecule has 2 heteroatoms. The molecule has 1 heterocycles. The van der Waals surface area contributed by atoms with Crippen LogP contribution >= 0.6 is 0 Å². The van der Waals surface area contributed by atoms with Crippen LogP contribution in [0.25, 0.3) is 60.2 Å². The van der Waals surface area contributed by atoms with Gasteiger partial charge in [-0.1, -0.05) is 177 Å². The number of rotatable bonds is 5. The van der Waals surface area contributed by atoms with Crippen molar-refractivity contribution in [1.29, 1.82) is 0 Å². The zero-order chi connectivity index (χ0) is 35.7. The van der Waals surface area contributed by atoms with E-state index in [0.29, 0.717) is 0 Å². The van der Waals surface area contributed by atoms with Crippen molar-refractivity contribution < 1.29 is 0 Å². The van der Waals surface area contributed by atoms with Crippen molar-refractivity contribution >= 4 is 66.5 Å². The molecule has 0 aliphatic carbocycles. The highest BCUT2D eigenvalue weighted by Crippen LogP contribution is 2.39. The van der Waals surface area contributed by atoms with Crippen molar-refractivity contribution in [2.75, 3.05) is 0 Å². The van der Waals surface area contributed by atoms with Crippen molar-refractivity contribution in [3.05, 3.63) is 179 Å². The zero-order valence-electron chi connectivity index (χ0n) is 30.9. The van der Waals surface area contributed by atoms with Gasteiger partial charge in [-0.05, 0) is 87.0 Å². The van der Waals surface area contributed by atoms with Crippen LogP contribution in [0, 0.1) is 41.5 Å². The van der Waals surface area contributed by atoms with Crippen molar-refractivity contribution in [2.24, 2.45) is 0 Å². The summed E-state index contributed by atoms with van der Waals surface area (Å²) >= 11 is 0. The number of para-hydroxylation sites is 2. The van der Waals surface area contributed by atoms with Crippen LogP contribution in [0.1, 0.15) is 33.4 Å². The number of aryl methyl sites for hydroxylation is 6. The Bertz CT molecular complexity index is 2710. The summed E-state index contributed by atoms with van der Waals surface area (Å²) in [4.78, 5) is 0. The molecule has 0 spiro atoms. The topological polar surface area (TPSA) is 4.93 Å². The summed E-state index contributed by atoms with van der Waals surface area (Å²) in [5.74, 6) is 0. The summed E-state index contributed by atoms with van der Waals surface area (Å²) in [5, 5.41) is 7.64. The van der Waals surface area contributed by atoms with Gasteiger partial charge in [0.1, 0.15) is 0 Å². The van der Waals surface area contributed by atoms with Crippen molar-refractivity contribution in [3.8, 4) is 16.8 Å². The smallest absolute Gasteiger partial charge is 0.243 e. The number of benzene rings is 8. The Morgan fingerprint density at radius 3 is 1.25 bits per heavy atom. The number of hydrogen-bond donors (Lipinski definition) is 0. The molecule has 0 unspecified atom stereocenters. The first kappa shape index (κ1) is 32.1. The van der Waals surface area contributed by atoms with Gasteiger partial charge in [-0.3, -0.25) is 0 Å². The maximum absolute atomic E-state index is 2.45. The van der Waals surface area contributed by atoms with Gasteiger partial charge in [0.25, 0.3) is 0 Å². The van der Waals surface area contributed by atoms with Gasteiger partial charge in [0.2, 0.25) is 6.71 Å². The first-order valence-corrected chi connectivity index (χ1v) is 18.5. The molecule has 0 bridgehead atoms. The summed E-state index contributed by atoms with van der Waals surface area (Å²) in [6, 6.07) is 54.5. The molecular formula is C50H42BN. The molecular weight excluding hydrogens is 625 g/mol. The first-order chi connectivity index (χ1) is 25.3. The van der Waals surface area contributed by atoms with Crippen LogP contribution in [0.4, 0.5) is 0 Å². The Kier molecular flexibility index (Phi) is 7.67. The Balaban J connectivity index is 1.30. The average molecular weight is 668 g/mol. The van der Waals surface area contributed by atoms with Crippen LogP contribution in [0.3, 0.4) is 0 Å². The Morgan fingerprint density at radius 1 is 0.365 bits per heavy atom. The summed E-state index contributed by atoms with van der Waals surface area (Å²) in [5.41, 5.74) is 18.4. The van der Waals surface area contributed by atoms with Crippen LogP contribution in [-0.4, -0.2) is 11.3 Å². The predicted molar refractivity (Wildman–Crippen MR) is 227 cm³/mol. The molecule has 8 aromatic carbocycles. The summed E-state index contributed by atoms with van der Waals surface area (Å²) in [6.07, 6.45) is 0. The van der Waals surface area contributed by atoms with E-state index in [1.165, 1.54) is 110 Å². The average Bonchev–Trinajstić information content (AvgIpc) is 3.47. The molecule has 1 nitrogen and oxygen atoms in total. The van der Waals surface area contributed by atoms with Gasteiger partial charge in [-0.25, -0.2) is 0 Å². The second kappa shape index (κ2) is 12.4. The highest BCUT2D eigenvalue weighted by Gasteiger charge is 2.30. The molecule has 0 atom stereocenters. The van der Waals surface area contributed by atoms with E-state index in [2.05, 4.69) is 192 Å². The minimum atomic E-state index is 0.106. The predicted octanol–water partition coefficient (Wildman–Crippen LogP) is 11.1. The maximum Gasteiger partial charge on any atom is 0.243 e. The lowest BCUT2D eigenvalue weighted by atomic mass is 9.33.